The number of imidazole rings is 1. The summed E-state index contributed by atoms with van der Waals surface area (Å²) in [6.07, 6.45) is -1.79. The number of thiophene rings is 1. The third-order valence-corrected chi connectivity index (χ3v) is 4.97. The van der Waals surface area contributed by atoms with Crippen molar-refractivity contribution >= 4 is 41.2 Å². The van der Waals surface area contributed by atoms with Gasteiger partial charge in [0.25, 0.3) is 12.4 Å². The van der Waals surface area contributed by atoms with E-state index in [4.69, 9.17) is 24.5 Å². The number of aromatic nitrogens is 4. The molecule has 40 heavy (non-hydrogen) atoms. The lowest BCUT2D eigenvalue weighted by molar-refractivity contribution is -0.192. The van der Waals surface area contributed by atoms with Crippen molar-refractivity contribution in [3.05, 3.63) is 64.2 Å². The average molecular weight is 595 g/mol. The third kappa shape index (κ3) is 11.8. The van der Waals surface area contributed by atoms with Gasteiger partial charge < -0.3 is 20.3 Å². The van der Waals surface area contributed by atoms with Crippen LogP contribution in [-0.2, 0) is 9.59 Å². The Bertz CT molecular complexity index is 1390. The molecule has 0 aromatic carbocycles. The number of halogens is 6. The molecule has 0 aliphatic carbocycles. The van der Waals surface area contributed by atoms with Crippen LogP contribution in [0.4, 0.5) is 32.2 Å². The molecule has 4 rings (SSSR count). The molecule has 18 heteroatoms. The summed E-state index contributed by atoms with van der Waals surface area (Å²) < 4.78 is 68.0. The van der Waals surface area contributed by atoms with Crippen molar-refractivity contribution in [1.82, 2.24) is 19.6 Å². The predicted molar refractivity (Wildman–Crippen MR) is 129 cm³/mol. The minimum atomic E-state index is -5.08. The van der Waals surface area contributed by atoms with E-state index >= 15 is 0 Å². The van der Waals surface area contributed by atoms with Crippen LogP contribution in [0.3, 0.4) is 0 Å². The Labute approximate surface area is 224 Å². The summed E-state index contributed by atoms with van der Waals surface area (Å²) in [5.41, 5.74) is 2.46. The molecule has 0 saturated heterocycles. The van der Waals surface area contributed by atoms with Crippen molar-refractivity contribution in [3.8, 4) is 11.6 Å². The first-order chi connectivity index (χ1) is 18.7. The molecular weight excluding hydrogens is 576 g/mol. The molecule has 4 aromatic rings. The van der Waals surface area contributed by atoms with E-state index in [2.05, 4.69) is 20.4 Å². The number of carboxylic acid groups (broad SMARTS) is 2. The molecule has 0 atom stereocenters. The number of hydrogen-bond acceptors (Lipinski definition) is 8. The van der Waals surface area contributed by atoms with Crippen LogP contribution in [0.25, 0.3) is 5.65 Å². The summed E-state index contributed by atoms with van der Waals surface area (Å²) in [7, 11) is 0. The Morgan fingerprint density at radius 2 is 1.73 bits per heavy atom. The highest BCUT2D eigenvalue weighted by molar-refractivity contribution is 7.12. The standard InChI is InChI=1S/C18H15N5O2S.C2HF3O2.CHF3.CH2O2/c1-11-7-8-26-17(11)18(24)21-14-10-23-15(20-14)5-6-16(22-23)25-13-4-3-12(2)19-9-13;3-2(4,5)1(6)7;2-1(3)4;2-1-3/h3-10H,1-2H3,(H,21,24);(H,6,7);1H;1H,(H,2,3). The van der Waals surface area contributed by atoms with Crippen LogP contribution in [0.15, 0.2) is 48.1 Å². The summed E-state index contributed by atoms with van der Waals surface area (Å²) >= 11 is 1.40. The van der Waals surface area contributed by atoms with Crippen molar-refractivity contribution in [2.24, 2.45) is 0 Å². The number of carbonyl (C=O) groups excluding carboxylic acids is 1. The number of hydrogen-bond donors (Lipinski definition) is 3. The Balaban J connectivity index is 0.000000478. The maximum atomic E-state index is 12.3. The molecule has 0 aliphatic rings. The zero-order chi connectivity index (χ0) is 30.5. The van der Waals surface area contributed by atoms with Crippen LogP contribution < -0.4 is 10.1 Å². The van der Waals surface area contributed by atoms with Gasteiger partial charge in [-0.05, 0) is 49.1 Å². The summed E-state index contributed by atoms with van der Waals surface area (Å²) in [6, 6.07) is 9.10. The lowest BCUT2D eigenvalue weighted by Crippen LogP contribution is -2.21. The molecule has 3 N–H and O–H groups in total. The normalized spacial score (nSPS) is 10.2. The van der Waals surface area contributed by atoms with Gasteiger partial charge in [0.2, 0.25) is 5.88 Å². The van der Waals surface area contributed by atoms with Gasteiger partial charge >= 0.3 is 18.8 Å². The van der Waals surface area contributed by atoms with E-state index in [0.29, 0.717) is 28.0 Å². The summed E-state index contributed by atoms with van der Waals surface area (Å²) in [6.45, 7) is -0.104. The van der Waals surface area contributed by atoms with E-state index in [-0.39, 0.29) is 12.4 Å². The second-order valence-electron chi connectivity index (χ2n) is 6.88. The van der Waals surface area contributed by atoms with Crippen LogP contribution in [-0.4, -0.2) is 61.0 Å². The minimum absolute atomic E-state index is 0.178. The fourth-order valence-corrected chi connectivity index (χ4v) is 3.21. The molecule has 1 amide bonds. The van der Waals surface area contributed by atoms with Crippen molar-refractivity contribution in [1.29, 1.82) is 0 Å². The number of anilines is 1. The summed E-state index contributed by atoms with van der Waals surface area (Å²) in [5, 5.41) is 23.1. The molecule has 216 valence electrons. The zero-order valence-corrected chi connectivity index (χ0v) is 21.1. The number of nitrogens with zero attached hydrogens (tertiary/aromatic N) is 4. The number of aliphatic carboxylic acids is 1. The van der Waals surface area contributed by atoms with E-state index in [1.54, 1.807) is 29.0 Å². The van der Waals surface area contributed by atoms with E-state index in [1.807, 2.05) is 37.4 Å². The molecule has 11 nitrogen and oxygen atoms in total. The van der Waals surface area contributed by atoms with Gasteiger partial charge in [0, 0.05) is 11.8 Å². The number of rotatable bonds is 4. The summed E-state index contributed by atoms with van der Waals surface area (Å²) in [5.74, 6) is -1.49. The second kappa shape index (κ2) is 15.6. The number of carboxylic acids is 1. The molecule has 4 aromatic heterocycles. The maximum Gasteiger partial charge on any atom is 0.490 e. The third-order valence-electron chi connectivity index (χ3n) is 3.95. The minimum Gasteiger partial charge on any atom is -0.483 e. The number of nitrogens with one attached hydrogen (secondary N) is 1. The van der Waals surface area contributed by atoms with Crippen LogP contribution in [0.1, 0.15) is 20.9 Å². The van der Waals surface area contributed by atoms with E-state index < -0.39 is 18.8 Å². The lowest BCUT2D eigenvalue weighted by Gasteiger charge is -2.04. The van der Waals surface area contributed by atoms with Gasteiger partial charge in [-0.15, -0.1) is 16.4 Å². The molecule has 0 spiro atoms. The molecule has 0 aliphatic heterocycles. The number of ether oxygens (including phenoxy) is 1. The highest BCUT2D eigenvalue weighted by atomic mass is 32.1. The Morgan fingerprint density at radius 1 is 1.12 bits per heavy atom. The molecular formula is C22H19F6N5O6S. The fraction of sp³-hybridized carbons (Fsp3) is 0.182. The lowest BCUT2D eigenvalue weighted by atomic mass is 10.3. The number of amides is 1. The first-order valence-electron chi connectivity index (χ1n) is 10.3. The van der Waals surface area contributed by atoms with Crippen molar-refractivity contribution < 1.29 is 55.7 Å². The van der Waals surface area contributed by atoms with Crippen LogP contribution in [0.5, 0.6) is 11.6 Å². The van der Waals surface area contributed by atoms with Gasteiger partial charge in [-0.1, -0.05) is 0 Å². The van der Waals surface area contributed by atoms with Gasteiger partial charge in [0.05, 0.1) is 17.3 Å². The van der Waals surface area contributed by atoms with Gasteiger partial charge in [-0.2, -0.15) is 26.3 Å². The van der Waals surface area contributed by atoms with Gasteiger partial charge in [0.15, 0.2) is 11.5 Å². The van der Waals surface area contributed by atoms with Gasteiger partial charge in [-0.25, -0.2) is 14.3 Å². The Morgan fingerprint density at radius 3 is 2.20 bits per heavy atom. The number of aryl methyl sites for hydroxylation is 2. The number of pyridine rings is 1. The SMILES string of the molecule is Cc1ccc(Oc2ccc3nc(NC(=O)c4sccc4C)cn3n2)cn1.FC(F)F.O=C(O)C(F)(F)F.O=CO. The van der Waals surface area contributed by atoms with E-state index in [1.165, 1.54) is 11.3 Å². The summed E-state index contributed by atoms with van der Waals surface area (Å²) in [4.78, 5) is 38.8. The van der Waals surface area contributed by atoms with Crippen LogP contribution in [0, 0.1) is 13.8 Å². The van der Waals surface area contributed by atoms with Gasteiger partial charge in [0.1, 0.15) is 5.75 Å². The van der Waals surface area contributed by atoms with Gasteiger partial charge in [-0.3, -0.25) is 14.6 Å². The maximum absolute atomic E-state index is 12.3. The first-order valence-corrected chi connectivity index (χ1v) is 11.2. The quantitative estimate of drug-likeness (QED) is 0.209. The smallest absolute Gasteiger partial charge is 0.483 e. The highest BCUT2D eigenvalue weighted by Crippen LogP contribution is 2.21. The number of carbonyl (C=O) groups is 3. The fourth-order valence-electron chi connectivity index (χ4n) is 2.39. The molecule has 0 fully saturated rings. The average Bonchev–Trinajstić information content (AvgIpc) is 3.45. The topological polar surface area (TPSA) is 156 Å². The van der Waals surface area contributed by atoms with Crippen molar-refractivity contribution in [3.63, 3.8) is 0 Å². The van der Waals surface area contributed by atoms with E-state index in [0.717, 1.165) is 11.3 Å². The molecule has 0 radical (unpaired) electrons. The second-order valence-corrected chi connectivity index (χ2v) is 7.80. The number of fused-ring (bicyclic) bond motifs is 1. The largest absolute Gasteiger partial charge is 0.490 e. The van der Waals surface area contributed by atoms with Crippen LogP contribution >= 0.6 is 11.3 Å². The Kier molecular flexibility index (Phi) is 13.0. The zero-order valence-electron chi connectivity index (χ0n) is 20.3. The van der Waals surface area contributed by atoms with Crippen molar-refractivity contribution in [2.45, 2.75) is 26.7 Å². The first kappa shape index (κ1) is 33.3. The number of alkyl halides is 6. The predicted octanol–water partition coefficient (Wildman–Crippen LogP) is 5.36. The van der Waals surface area contributed by atoms with Crippen LogP contribution in [0.2, 0.25) is 0 Å². The van der Waals surface area contributed by atoms with Crippen molar-refractivity contribution in [2.75, 3.05) is 5.32 Å². The molecule has 0 saturated carbocycles. The molecule has 0 bridgehead atoms. The van der Waals surface area contributed by atoms with E-state index in [9.17, 15) is 31.1 Å². The monoisotopic (exact) mass is 595 g/mol. The highest BCUT2D eigenvalue weighted by Gasteiger charge is 2.38. The Hall–Kier alpha value is -4.74. The molecule has 4 heterocycles. The molecule has 0 unspecified atom stereocenters.